The minimum atomic E-state index is -0.694. The van der Waals surface area contributed by atoms with Gasteiger partial charge in [0.05, 0.1) is 6.42 Å². The summed E-state index contributed by atoms with van der Waals surface area (Å²) in [5.74, 6) is -0.0262. The SMILES string of the molecule is CC1CC(C)(C)CC1N(CCC(=O)O)C(C)C. The summed E-state index contributed by atoms with van der Waals surface area (Å²) in [6.07, 6.45) is 2.68. The Balaban J connectivity index is 2.67. The average molecular weight is 241 g/mol. The van der Waals surface area contributed by atoms with Gasteiger partial charge >= 0.3 is 5.97 Å². The van der Waals surface area contributed by atoms with Crippen molar-refractivity contribution in [2.45, 2.75) is 66.0 Å². The van der Waals surface area contributed by atoms with Gasteiger partial charge in [0, 0.05) is 18.6 Å². The van der Waals surface area contributed by atoms with Crippen molar-refractivity contribution < 1.29 is 9.90 Å². The molecule has 0 aromatic rings. The quantitative estimate of drug-likeness (QED) is 0.804. The van der Waals surface area contributed by atoms with Crippen molar-refractivity contribution in [2.75, 3.05) is 6.54 Å². The lowest BCUT2D eigenvalue weighted by Crippen LogP contribution is -2.43. The van der Waals surface area contributed by atoms with E-state index in [4.69, 9.17) is 5.11 Å². The molecular weight excluding hydrogens is 214 g/mol. The summed E-state index contributed by atoms with van der Waals surface area (Å²) in [7, 11) is 0. The smallest absolute Gasteiger partial charge is 0.304 e. The summed E-state index contributed by atoms with van der Waals surface area (Å²) in [5, 5.41) is 8.83. The largest absolute Gasteiger partial charge is 0.481 e. The molecule has 1 saturated carbocycles. The molecule has 1 aliphatic carbocycles. The average Bonchev–Trinajstić information content (AvgIpc) is 2.39. The zero-order valence-electron chi connectivity index (χ0n) is 11.9. The van der Waals surface area contributed by atoms with Gasteiger partial charge in [-0.2, -0.15) is 0 Å². The highest BCUT2D eigenvalue weighted by atomic mass is 16.4. The van der Waals surface area contributed by atoms with Crippen LogP contribution in [0.1, 0.15) is 53.9 Å². The first-order chi connectivity index (χ1) is 7.73. The van der Waals surface area contributed by atoms with Crippen molar-refractivity contribution in [1.82, 2.24) is 4.90 Å². The van der Waals surface area contributed by atoms with Gasteiger partial charge in [-0.15, -0.1) is 0 Å². The van der Waals surface area contributed by atoms with Crippen molar-refractivity contribution >= 4 is 5.97 Å². The maximum absolute atomic E-state index is 10.7. The van der Waals surface area contributed by atoms with E-state index in [-0.39, 0.29) is 6.42 Å². The van der Waals surface area contributed by atoms with E-state index >= 15 is 0 Å². The second-order valence-corrected chi connectivity index (χ2v) is 6.59. The number of hydrogen-bond acceptors (Lipinski definition) is 2. The Labute approximate surface area is 105 Å². The molecule has 0 spiro atoms. The number of nitrogens with zero attached hydrogens (tertiary/aromatic N) is 1. The fourth-order valence-electron chi connectivity index (χ4n) is 3.33. The lowest BCUT2D eigenvalue weighted by atomic mass is 9.91. The van der Waals surface area contributed by atoms with Crippen LogP contribution in [-0.2, 0) is 4.79 Å². The third-order valence-corrected chi connectivity index (χ3v) is 3.97. The van der Waals surface area contributed by atoms with Gasteiger partial charge in [0.1, 0.15) is 0 Å². The van der Waals surface area contributed by atoms with Crippen LogP contribution in [0.15, 0.2) is 0 Å². The number of carbonyl (C=O) groups is 1. The lowest BCUT2D eigenvalue weighted by molar-refractivity contribution is -0.137. The summed E-state index contributed by atoms with van der Waals surface area (Å²) < 4.78 is 0. The third-order valence-electron chi connectivity index (χ3n) is 3.97. The first-order valence-electron chi connectivity index (χ1n) is 6.70. The second-order valence-electron chi connectivity index (χ2n) is 6.59. The van der Waals surface area contributed by atoms with Crippen LogP contribution < -0.4 is 0 Å². The maximum atomic E-state index is 10.7. The highest BCUT2D eigenvalue weighted by Crippen LogP contribution is 2.43. The Morgan fingerprint density at radius 1 is 1.41 bits per heavy atom. The standard InChI is InChI=1S/C14H27NO2/c1-10(2)15(7-6-13(16)17)12-9-14(4,5)8-11(12)3/h10-12H,6-9H2,1-5H3,(H,16,17). The fourth-order valence-corrected chi connectivity index (χ4v) is 3.33. The van der Waals surface area contributed by atoms with Crippen LogP contribution in [0.3, 0.4) is 0 Å². The molecule has 1 aliphatic rings. The van der Waals surface area contributed by atoms with E-state index in [2.05, 4.69) is 39.5 Å². The molecule has 0 aromatic heterocycles. The third kappa shape index (κ3) is 3.98. The maximum Gasteiger partial charge on any atom is 0.304 e. The molecule has 1 N–H and O–H groups in total. The molecule has 100 valence electrons. The van der Waals surface area contributed by atoms with E-state index in [9.17, 15) is 4.79 Å². The van der Waals surface area contributed by atoms with Gasteiger partial charge < -0.3 is 5.11 Å². The first kappa shape index (κ1) is 14.5. The molecule has 0 bridgehead atoms. The van der Waals surface area contributed by atoms with E-state index < -0.39 is 5.97 Å². The molecule has 3 nitrogen and oxygen atoms in total. The number of aliphatic carboxylic acids is 1. The van der Waals surface area contributed by atoms with E-state index in [1.807, 2.05) is 0 Å². The Morgan fingerprint density at radius 2 is 2.00 bits per heavy atom. The van der Waals surface area contributed by atoms with Crippen LogP contribution in [-0.4, -0.2) is 34.6 Å². The topological polar surface area (TPSA) is 40.5 Å². The Bertz CT molecular complexity index is 273. The van der Waals surface area contributed by atoms with Gasteiger partial charge in [0.15, 0.2) is 0 Å². The van der Waals surface area contributed by atoms with E-state index in [0.29, 0.717) is 30.0 Å². The fraction of sp³-hybridized carbons (Fsp3) is 0.929. The Morgan fingerprint density at radius 3 is 2.35 bits per heavy atom. The second kappa shape index (κ2) is 5.38. The molecule has 0 aliphatic heterocycles. The van der Waals surface area contributed by atoms with Crippen molar-refractivity contribution in [3.63, 3.8) is 0 Å². The summed E-state index contributed by atoms with van der Waals surface area (Å²) in [4.78, 5) is 13.1. The number of rotatable bonds is 5. The minimum absolute atomic E-state index is 0.252. The molecular formula is C14H27NO2. The molecule has 0 amide bonds. The number of carboxylic acid groups (broad SMARTS) is 1. The molecule has 2 unspecified atom stereocenters. The van der Waals surface area contributed by atoms with Crippen LogP contribution in [0.25, 0.3) is 0 Å². The van der Waals surface area contributed by atoms with Gasteiger partial charge in [-0.25, -0.2) is 0 Å². The number of carboxylic acids is 1. The molecule has 1 rings (SSSR count). The van der Waals surface area contributed by atoms with Gasteiger partial charge in [-0.3, -0.25) is 9.69 Å². The van der Waals surface area contributed by atoms with Crippen molar-refractivity contribution in [3.8, 4) is 0 Å². The summed E-state index contributed by atoms with van der Waals surface area (Å²) in [6.45, 7) is 12.0. The van der Waals surface area contributed by atoms with E-state index in [0.717, 1.165) is 0 Å². The van der Waals surface area contributed by atoms with E-state index in [1.54, 1.807) is 0 Å². The van der Waals surface area contributed by atoms with Crippen LogP contribution in [0.4, 0.5) is 0 Å². The highest BCUT2D eigenvalue weighted by molar-refractivity contribution is 5.66. The highest BCUT2D eigenvalue weighted by Gasteiger charge is 2.40. The van der Waals surface area contributed by atoms with Crippen LogP contribution in [0.2, 0.25) is 0 Å². The van der Waals surface area contributed by atoms with Crippen molar-refractivity contribution in [2.24, 2.45) is 11.3 Å². The molecule has 0 heterocycles. The molecule has 0 aromatic carbocycles. The Kier molecular flexibility index (Phi) is 4.59. The summed E-state index contributed by atoms with van der Waals surface area (Å²) in [5.41, 5.74) is 0.403. The normalized spacial score (nSPS) is 27.9. The van der Waals surface area contributed by atoms with E-state index in [1.165, 1.54) is 12.8 Å². The predicted octanol–water partition coefficient (Wildman–Crippen LogP) is 3.00. The zero-order chi connectivity index (χ0) is 13.2. The number of hydrogen-bond donors (Lipinski definition) is 1. The molecule has 1 fully saturated rings. The minimum Gasteiger partial charge on any atom is -0.481 e. The summed E-state index contributed by atoms with van der Waals surface area (Å²) >= 11 is 0. The molecule has 0 radical (unpaired) electrons. The summed E-state index contributed by atoms with van der Waals surface area (Å²) in [6, 6.07) is 0.972. The zero-order valence-corrected chi connectivity index (χ0v) is 11.9. The molecule has 17 heavy (non-hydrogen) atoms. The molecule has 2 atom stereocenters. The van der Waals surface area contributed by atoms with Crippen LogP contribution >= 0.6 is 0 Å². The Hall–Kier alpha value is -0.570. The molecule has 0 saturated heterocycles. The van der Waals surface area contributed by atoms with Crippen LogP contribution in [0.5, 0.6) is 0 Å². The predicted molar refractivity (Wildman–Crippen MR) is 70.1 cm³/mol. The monoisotopic (exact) mass is 241 g/mol. The van der Waals surface area contributed by atoms with Gasteiger partial charge in [-0.05, 0) is 38.0 Å². The van der Waals surface area contributed by atoms with Crippen molar-refractivity contribution in [3.05, 3.63) is 0 Å². The van der Waals surface area contributed by atoms with Crippen molar-refractivity contribution in [1.29, 1.82) is 0 Å². The van der Waals surface area contributed by atoms with Gasteiger partial charge in [-0.1, -0.05) is 20.8 Å². The van der Waals surface area contributed by atoms with Crippen LogP contribution in [0, 0.1) is 11.3 Å². The first-order valence-corrected chi connectivity index (χ1v) is 6.70. The molecule has 3 heteroatoms. The van der Waals surface area contributed by atoms with Gasteiger partial charge in [0.2, 0.25) is 0 Å². The lowest BCUT2D eigenvalue weighted by Gasteiger charge is -2.35. The van der Waals surface area contributed by atoms with Gasteiger partial charge in [0.25, 0.3) is 0 Å².